The van der Waals surface area contributed by atoms with E-state index in [1.165, 1.54) is 49.4 Å². The Kier molecular flexibility index (Phi) is 9.23. The first-order chi connectivity index (χ1) is 21.3. The molecule has 1 aliphatic heterocycles. The summed E-state index contributed by atoms with van der Waals surface area (Å²) in [5, 5.41) is 0. The van der Waals surface area contributed by atoms with Crippen molar-refractivity contribution < 1.29 is 59.6 Å². The maximum Gasteiger partial charge on any atom is 0.432 e. The summed E-state index contributed by atoms with van der Waals surface area (Å²) in [6, 6.07) is 12.9. The zero-order valence-electron chi connectivity index (χ0n) is 26.1. The fourth-order valence-electron chi connectivity index (χ4n) is 6.69. The van der Waals surface area contributed by atoms with Gasteiger partial charge in [-0.2, -0.15) is 26.3 Å². The Balaban J connectivity index is 1.53. The number of epoxide rings is 1. The van der Waals surface area contributed by atoms with Gasteiger partial charge in [-0.1, -0.05) is 74.5 Å². The number of carbonyl (C=O) groups excluding carboxylic acids is 2. The van der Waals surface area contributed by atoms with Gasteiger partial charge in [0.1, 0.15) is 23.4 Å². The van der Waals surface area contributed by atoms with Gasteiger partial charge in [-0.25, -0.2) is 9.59 Å². The summed E-state index contributed by atoms with van der Waals surface area (Å²) < 4.78 is 112. The summed E-state index contributed by atoms with van der Waals surface area (Å²) in [4.78, 5) is 26.3. The Morgan fingerprint density at radius 2 is 1.26 bits per heavy atom. The summed E-state index contributed by atoms with van der Waals surface area (Å²) in [5.74, 6) is -3.28. The van der Waals surface area contributed by atoms with Gasteiger partial charge >= 0.3 is 24.3 Å². The molecule has 2 aromatic rings. The zero-order chi connectivity index (χ0) is 34.4. The minimum Gasteiger partial charge on any atom is -0.460 e. The third kappa shape index (κ3) is 5.60. The van der Waals surface area contributed by atoms with Crippen LogP contribution >= 0.6 is 0 Å². The van der Waals surface area contributed by atoms with Crippen molar-refractivity contribution in [1.29, 1.82) is 0 Å². The predicted molar refractivity (Wildman–Crippen MR) is 152 cm³/mol. The summed E-state index contributed by atoms with van der Waals surface area (Å²) in [5.41, 5.74) is -10.5. The van der Waals surface area contributed by atoms with E-state index in [9.17, 15) is 35.9 Å². The Bertz CT molecular complexity index is 1440. The van der Waals surface area contributed by atoms with Crippen molar-refractivity contribution in [2.75, 3.05) is 14.2 Å². The molecule has 1 saturated carbocycles. The first-order valence-corrected chi connectivity index (χ1v) is 14.4. The number of benzene rings is 2. The zero-order valence-corrected chi connectivity index (χ0v) is 26.1. The second-order valence-corrected chi connectivity index (χ2v) is 12.4. The lowest BCUT2D eigenvalue weighted by Crippen LogP contribution is -2.54. The van der Waals surface area contributed by atoms with Crippen LogP contribution in [0.5, 0.6) is 0 Å². The molecule has 1 aliphatic carbocycles. The van der Waals surface area contributed by atoms with Crippen molar-refractivity contribution in [3.8, 4) is 0 Å². The van der Waals surface area contributed by atoms with Crippen LogP contribution < -0.4 is 0 Å². The quantitative estimate of drug-likeness (QED) is 0.118. The molecular formula is C33H36F6O7. The number of alkyl halides is 6. The first-order valence-electron chi connectivity index (χ1n) is 14.4. The van der Waals surface area contributed by atoms with E-state index in [0.29, 0.717) is 0 Å². The van der Waals surface area contributed by atoms with Crippen LogP contribution in [0.1, 0.15) is 51.7 Å². The Labute approximate surface area is 262 Å². The number of halogens is 6. The van der Waals surface area contributed by atoms with E-state index >= 15 is 0 Å². The van der Waals surface area contributed by atoms with Crippen LogP contribution in [0.4, 0.5) is 26.3 Å². The highest BCUT2D eigenvalue weighted by molar-refractivity contribution is 5.83. The Morgan fingerprint density at radius 3 is 1.67 bits per heavy atom. The maximum atomic E-state index is 14.4. The van der Waals surface area contributed by atoms with Crippen LogP contribution in [0.2, 0.25) is 0 Å². The molecule has 0 radical (unpaired) electrons. The average Bonchev–Trinajstić information content (AvgIpc) is 3.59. The fraction of sp³-hybridized carbons (Fsp3) is 0.515. The van der Waals surface area contributed by atoms with Crippen LogP contribution in [0.15, 0.2) is 72.8 Å². The second-order valence-electron chi connectivity index (χ2n) is 12.4. The Hall–Kier alpha value is -3.42. The molecule has 1 saturated heterocycles. The van der Waals surface area contributed by atoms with Crippen molar-refractivity contribution in [2.45, 2.75) is 87.5 Å². The SMILES string of the molecule is CO[C@](C(=O)O[C@H]1CC(C)(C)[C@]2(/C=C/[C@H](C)OC(=O)[C@@](OC)(c3ccccc3)C(F)(F)F)O[C@]2(C)C1)(c1ccccc1)C(F)(F)F. The lowest BCUT2D eigenvalue weighted by Gasteiger charge is -2.41. The number of methoxy groups -OCH3 is 2. The lowest BCUT2D eigenvalue weighted by atomic mass is 9.63. The maximum absolute atomic E-state index is 14.4. The van der Waals surface area contributed by atoms with Gasteiger partial charge in [-0.3, -0.25) is 0 Å². The average molecular weight is 659 g/mol. The number of esters is 2. The number of fused-ring (bicyclic) bond motifs is 1. The second kappa shape index (κ2) is 12.0. The summed E-state index contributed by atoms with van der Waals surface area (Å²) >= 11 is 0. The van der Waals surface area contributed by atoms with E-state index in [1.807, 2.05) is 0 Å². The summed E-state index contributed by atoms with van der Waals surface area (Å²) in [6.07, 6.45) is -9.39. The van der Waals surface area contributed by atoms with Gasteiger partial charge in [0.15, 0.2) is 0 Å². The van der Waals surface area contributed by atoms with Crippen molar-refractivity contribution >= 4 is 11.9 Å². The molecule has 7 nitrogen and oxygen atoms in total. The minimum atomic E-state index is -5.15. The fourth-order valence-corrected chi connectivity index (χ4v) is 6.69. The van der Waals surface area contributed by atoms with Crippen LogP contribution in [0.25, 0.3) is 0 Å². The molecule has 0 unspecified atom stereocenters. The van der Waals surface area contributed by atoms with Gasteiger partial charge in [0.2, 0.25) is 0 Å². The van der Waals surface area contributed by atoms with Crippen LogP contribution in [0, 0.1) is 5.41 Å². The summed E-state index contributed by atoms with van der Waals surface area (Å²) in [6.45, 7) is 6.59. The van der Waals surface area contributed by atoms with Gasteiger partial charge in [-0.15, -0.1) is 0 Å². The molecule has 2 aliphatic rings. The molecule has 1 heterocycles. The molecule has 0 bridgehead atoms. The van der Waals surface area contributed by atoms with E-state index in [4.69, 9.17) is 23.7 Å². The number of hydrogen-bond acceptors (Lipinski definition) is 7. The first kappa shape index (κ1) is 35.4. The molecule has 2 fully saturated rings. The minimum absolute atomic E-state index is 0.0159. The van der Waals surface area contributed by atoms with E-state index in [-0.39, 0.29) is 12.8 Å². The summed E-state index contributed by atoms with van der Waals surface area (Å²) in [7, 11) is 1.55. The highest BCUT2D eigenvalue weighted by atomic mass is 19.4. The van der Waals surface area contributed by atoms with Crippen molar-refractivity contribution in [3.63, 3.8) is 0 Å². The topological polar surface area (TPSA) is 83.6 Å². The number of hydrogen-bond donors (Lipinski definition) is 0. The smallest absolute Gasteiger partial charge is 0.432 e. The number of carbonyl (C=O) groups is 2. The molecule has 252 valence electrons. The molecule has 0 spiro atoms. The third-order valence-corrected chi connectivity index (χ3v) is 9.01. The van der Waals surface area contributed by atoms with Gasteiger partial charge in [0.05, 0.1) is 0 Å². The highest BCUT2D eigenvalue weighted by Crippen LogP contribution is 2.66. The largest absolute Gasteiger partial charge is 0.460 e. The molecular weight excluding hydrogens is 622 g/mol. The van der Waals surface area contributed by atoms with Crippen molar-refractivity contribution in [1.82, 2.24) is 0 Å². The molecule has 0 N–H and O–H groups in total. The highest BCUT2D eigenvalue weighted by Gasteiger charge is 2.76. The molecule has 2 aromatic carbocycles. The third-order valence-electron chi connectivity index (χ3n) is 9.01. The molecule has 46 heavy (non-hydrogen) atoms. The number of rotatable bonds is 10. The molecule has 0 amide bonds. The molecule has 6 atom stereocenters. The van der Waals surface area contributed by atoms with Crippen molar-refractivity contribution in [3.05, 3.63) is 83.9 Å². The standard InChI is InChI=1S/C33H36F6O7/c1-21(44-25(40)30(42-5,32(34,35)36)22-13-9-7-10-14-22)17-18-29-27(2,3)19-24(20-28(29,4)46-29)45-26(41)31(43-6,33(37,38)39)23-15-11-8-12-16-23/h7-18,21,24H,19-20H2,1-6H3/b18-17+/t21-,24-,28+,29-,30-,31-/m0/s1. The van der Waals surface area contributed by atoms with Crippen LogP contribution in [-0.4, -0.2) is 61.9 Å². The van der Waals surface area contributed by atoms with E-state index in [1.54, 1.807) is 26.8 Å². The van der Waals surface area contributed by atoms with Gasteiger partial charge < -0.3 is 23.7 Å². The van der Waals surface area contributed by atoms with E-state index in [0.717, 1.165) is 38.5 Å². The molecule has 13 heteroatoms. The predicted octanol–water partition coefficient (Wildman–Crippen LogP) is 6.94. The van der Waals surface area contributed by atoms with E-state index in [2.05, 4.69) is 0 Å². The molecule has 4 rings (SSSR count). The van der Waals surface area contributed by atoms with Crippen LogP contribution in [0.3, 0.4) is 0 Å². The van der Waals surface area contributed by atoms with Gasteiger partial charge in [-0.05, 0) is 32.4 Å². The van der Waals surface area contributed by atoms with Gasteiger partial charge in [0, 0.05) is 37.2 Å². The monoisotopic (exact) mass is 658 g/mol. The number of ether oxygens (including phenoxy) is 5. The van der Waals surface area contributed by atoms with Gasteiger partial charge in [0.25, 0.3) is 11.2 Å². The molecule has 0 aromatic heterocycles. The van der Waals surface area contributed by atoms with E-state index < -0.39 is 75.4 Å². The lowest BCUT2D eigenvalue weighted by molar-refractivity contribution is -0.279. The normalized spacial score (nSPS) is 27.5. The van der Waals surface area contributed by atoms with Crippen LogP contribution in [-0.2, 0) is 44.5 Å². The van der Waals surface area contributed by atoms with Crippen molar-refractivity contribution in [2.24, 2.45) is 5.41 Å². The Morgan fingerprint density at radius 1 is 0.804 bits per heavy atom.